The molecule has 3 N–H and O–H groups in total. The minimum absolute atomic E-state index is 0.0301. The van der Waals surface area contributed by atoms with E-state index in [1.807, 2.05) is 26.0 Å². The van der Waals surface area contributed by atoms with Gasteiger partial charge in [-0.1, -0.05) is 46.4 Å². The number of fused-ring (bicyclic) bond motifs is 6. The van der Waals surface area contributed by atoms with Crippen molar-refractivity contribution in [2.45, 2.75) is 91.4 Å². The number of esters is 1. The van der Waals surface area contributed by atoms with Crippen LogP contribution in [-0.4, -0.2) is 117 Å². The second-order valence-electron chi connectivity index (χ2n) is 18.0. The summed E-state index contributed by atoms with van der Waals surface area (Å²) in [6.45, 7) is 14.3. The molecule has 0 aliphatic carbocycles. The van der Waals surface area contributed by atoms with E-state index >= 15 is 0 Å². The summed E-state index contributed by atoms with van der Waals surface area (Å²) in [7, 11) is -2.21. The summed E-state index contributed by atoms with van der Waals surface area (Å²) < 4.78 is 34.4. The van der Waals surface area contributed by atoms with Crippen LogP contribution >= 0.6 is 0 Å². The maximum absolute atomic E-state index is 14.6. The Labute approximate surface area is 368 Å². The molecule has 3 amide bonds. The molecule has 2 aromatic carbocycles. The number of nitrogens with one attached hydrogen (secondary N) is 2. The molecule has 0 spiro atoms. The van der Waals surface area contributed by atoms with Crippen LogP contribution in [0.4, 0.5) is 0 Å². The first-order valence-electron chi connectivity index (χ1n) is 21.6. The molecule has 0 saturated carbocycles. The standard InChI is InChI=1S/C46H58N8O8S/c1-8-53-39-13-12-30-21-35(39)36(41(53)33-23-47-27-48-24-33)22-46(5,6)26-62-45(59)37-11-10-15-54(50-37)44(58)38(19-29-17-32(30)20-34(55)18-29)49-42(56)40(28(3)4)51(7)43(57)31-14-16-52(25-31)63(60,61)9-2/h9,12-13,17-18,20-21,23-24,27-28,31,37-38,40,50,55H,2,8,10-11,14-16,19,22,25-26H2,1,3-7H3,(H,49,56)/t31-,37-,38?,40-/m0/s1. The first-order valence-corrected chi connectivity index (χ1v) is 23.1. The van der Waals surface area contributed by atoms with Crippen LogP contribution in [0.5, 0.6) is 5.75 Å². The van der Waals surface area contributed by atoms with Crippen LogP contribution in [0.2, 0.25) is 0 Å². The number of hydrogen-bond donors (Lipinski definition) is 3. The predicted molar refractivity (Wildman–Crippen MR) is 238 cm³/mol. The highest BCUT2D eigenvalue weighted by molar-refractivity contribution is 7.92. The molecule has 17 heteroatoms. The van der Waals surface area contributed by atoms with Crippen molar-refractivity contribution in [2.75, 3.05) is 33.3 Å². The van der Waals surface area contributed by atoms with Crippen molar-refractivity contribution >= 4 is 44.6 Å². The summed E-state index contributed by atoms with van der Waals surface area (Å²) in [4.78, 5) is 66.7. The number of phenols is 1. The SMILES string of the molecule is C=CS(=O)(=O)N1CC[C@H](C(=O)N(C)[C@H](C(=O)NC2Cc3cc(O)cc(c3)-c3ccc4c(c3)c(c(-c3cncnc3)n4CC)CC(C)(C)COC(=O)[C@@H]3CCCN(N3)C2=O)C(C)C)C1. The van der Waals surface area contributed by atoms with E-state index in [1.54, 1.807) is 38.4 Å². The minimum Gasteiger partial charge on any atom is -0.508 e. The van der Waals surface area contributed by atoms with Gasteiger partial charge in [-0.25, -0.2) is 23.8 Å². The van der Waals surface area contributed by atoms with E-state index in [9.17, 15) is 32.7 Å². The normalized spacial score (nSPS) is 21.4. The van der Waals surface area contributed by atoms with E-state index in [-0.39, 0.29) is 50.7 Å². The van der Waals surface area contributed by atoms with Crippen LogP contribution in [0.15, 0.2) is 67.1 Å². The first kappa shape index (κ1) is 45.4. The van der Waals surface area contributed by atoms with Crippen LogP contribution in [0.25, 0.3) is 33.3 Å². The van der Waals surface area contributed by atoms with Crippen LogP contribution in [0.3, 0.4) is 0 Å². The van der Waals surface area contributed by atoms with Gasteiger partial charge >= 0.3 is 5.97 Å². The van der Waals surface area contributed by atoms with Gasteiger partial charge in [0.1, 0.15) is 30.2 Å². The Morgan fingerprint density at radius 3 is 2.52 bits per heavy atom. The Kier molecular flexibility index (Phi) is 13.1. The van der Waals surface area contributed by atoms with Gasteiger partial charge in [0.15, 0.2) is 0 Å². The van der Waals surface area contributed by atoms with E-state index in [0.29, 0.717) is 36.9 Å². The van der Waals surface area contributed by atoms with E-state index in [2.05, 4.69) is 50.9 Å². The number of hydrogen-bond acceptors (Lipinski definition) is 11. The largest absolute Gasteiger partial charge is 0.508 e. The number of phenolic OH excluding ortho intramolecular Hbond substituents is 1. The summed E-state index contributed by atoms with van der Waals surface area (Å²) in [5.74, 6) is -3.07. The average molecular weight is 883 g/mol. The lowest BCUT2D eigenvalue weighted by Crippen LogP contribution is -2.62. The molecular weight excluding hydrogens is 825 g/mol. The maximum Gasteiger partial charge on any atom is 0.324 e. The van der Waals surface area contributed by atoms with Crippen molar-refractivity contribution in [3.63, 3.8) is 0 Å². The molecule has 4 aromatic rings. The van der Waals surface area contributed by atoms with Crippen LogP contribution in [-0.2, 0) is 53.3 Å². The van der Waals surface area contributed by atoms with Crippen molar-refractivity contribution in [2.24, 2.45) is 17.3 Å². The topological polar surface area (TPSA) is 196 Å². The zero-order chi connectivity index (χ0) is 45.4. The molecule has 336 valence electrons. The Bertz CT molecular complexity index is 2520. The third-order valence-corrected chi connectivity index (χ3v) is 13.9. The zero-order valence-electron chi connectivity index (χ0n) is 36.8. The number of carbonyl (C=O) groups excluding carboxylic acids is 4. The Morgan fingerprint density at radius 2 is 1.83 bits per heavy atom. The van der Waals surface area contributed by atoms with Gasteiger partial charge in [0.25, 0.3) is 5.91 Å². The summed E-state index contributed by atoms with van der Waals surface area (Å²) in [5, 5.41) is 17.4. The molecule has 3 aliphatic heterocycles. The predicted octanol–water partition coefficient (Wildman–Crippen LogP) is 4.42. The van der Waals surface area contributed by atoms with Crippen LogP contribution in [0.1, 0.15) is 65.0 Å². The summed E-state index contributed by atoms with van der Waals surface area (Å²) in [5.41, 5.74) is 8.48. The lowest BCUT2D eigenvalue weighted by Gasteiger charge is -2.37. The van der Waals surface area contributed by atoms with E-state index in [4.69, 9.17) is 4.74 Å². The number of benzene rings is 2. The minimum atomic E-state index is -3.73. The lowest BCUT2D eigenvalue weighted by atomic mass is 9.84. The van der Waals surface area contributed by atoms with Gasteiger partial charge in [0.2, 0.25) is 21.8 Å². The fourth-order valence-corrected chi connectivity index (χ4v) is 10.3. The fourth-order valence-electron chi connectivity index (χ4n) is 9.33. The molecule has 2 aromatic heterocycles. The summed E-state index contributed by atoms with van der Waals surface area (Å²) in [6, 6.07) is 8.22. The number of aromatic nitrogens is 3. The highest BCUT2D eigenvalue weighted by atomic mass is 32.2. The number of aryl methyl sites for hydroxylation is 1. The lowest BCUT2D eigenvalue weighted by molar-refractivity contribution is -0.155. The van der Waals surface area contributed by atoms with E-state index < -0.39 is 63.2 Å². The second-order valence-corrected chi connectivity index (χ2v) is 19.9. The molecule has 5 heterocycles. The number of cyclic esters (lactones) is 1. The number of likely N-dealkylation sites (N-methyl/N-ethyl adjacent to an activating group) is 1. The van der Waals surface area contributed by atoms with Gasteiger partial charge in [-0.2, -0.15) is 4.31 Å². The van der Waals surface area contributed by atoms with Crippen molar-refractivity contribution in [1.29, 1.82) is 0 Å². The molecule has 2 saturated heterocycles. The summed E-state index contributed by atoms with van der Waals surface area (Å²) in [6.07, 6.45) is 6.79. The third kappa shape index (κ3) is 9.50. The van der Waals surface area contributed by atoms with Crippen molar-refractivity contribution < 1.29 is 37.4 Å². The molecule has 7 rings (SSSR count). The number of nitrogens with zero attached hydrogens (tertiary/aromatic N) is 6. The summed E-state index contributed by atoms with van der Waals surface area (Å²) >= 11 is 0. The molecular formula is C46H58N8O8S. The number of ether oxygens (including phenoxy) is 1. The molecule has 6 bridgehead atoms. The van der Waals surface area contributed by atoms with Gasteiger partial charge < -0.3 is 24.6 Å². The van der Waals surface area contributed by atoms with Crippen molar-refractivity contribution in [3.05, 3.63) is 78.2 Å². The Morgan fingerprint density at radius 1 is 1.08 bits per heavy atom. The molecule has 3 aliphatic rings. The maximum atomic E-state index is 14.6. The molecule has 2 fully saturated rings. The number of sulfonamides is 1. The van der Waals surface area contributed by atoms with Crippen molar-refractivity contribution in [3.8, 4) is 28.1 Å². The molecule has 0 radical (unpaired) electrons. The molecule has 4 atom stereocenters. The Balaban J connectivity index is 1.28. The number of aromatic hydroxyl groups is 1. The highest BCUT2D eigenvalue weighted by Crippen LogP contribution is 2.40. The Hall–Kier alpha value is -5.65. The van der Waals surface area contributed by atoms with Crippen LogP contribution in [0, 0.1) is 17.3 Å². The van der Waals surface area contributed by atoms with Gasteiger partial charge in [-0.05, 0) is 85.0 Å². The molecule has 63 heavy (non-hydrogen) atoms. The van der Waals surface area contributed by atoms with Crippen LogP contribution < -0.4 is 10.7 Å². The molecule has 1 unspecified atom stereocenters. The number of carbonyl (C=O) groups is 4. The number of rotatable bonds is 9. The monoisotopic (exact) mass is 882 g/mol. The average Bonchev–Trinajstić information content (AvgIpc) is 3.88. The third-order valence-electron chi connectivity index (χ3n) is 12.4. The van der Waals surface area contributed by atoms with Gasteiger partial charge in [-0.15, -0.1) is 0 Å². The van der Waals surface area contributed by atoms with Gasteiger partial charge in [0.05, 0.1) is 18.2 Å². The first-order chi connectivity index (χ1) is 29.9. The number of amides is 3. The highest BCUT2D eigenvalue weighted by Gasteiger charge is 2.41. The zero-order valence-corrected chi connectivity index (χ0v) is 37.7. The van der Waals surface area contributed by atoms with Crippen molar-refractivity contribution in [1.82, 2.24) is 39.5 Å². The second kappa shape index (κ2) is 18.2. The van der Waals surface area contributed by atoms with E-state index in [1.165, 1.54) is 27.6 Å². The number of hydrazine groups is 1. The fraction of sp³-hybridized carbons (Fsp3) is 0.478. The van der Waals surface area contributed by atoms with Gasteiger partial charge in [-0.3, -0.25) is 24.2 Å². The molecule has 16 nitrogen and oxygen atoms in total. The smallest absolute Gasteiger partial charge is 0.324 e. The van der Waals surface area contributed by atoms with Gasteiger partial charge in [0, 0.05) is 79.3 Å². The quantitative estimate of drug-likeness (QED) is 0.202. The van der Waals surface area contributed by atoms with E-state index in [0.717, 1.165) is 38.7 Å².